The molecule has 0 aliphatic heterocycles. The van der Waals surface area contributed by atoms with Gasteiger partial charge in [0, 0.05) is 38.5 Å². The SMILES string of the molecule is O=Cc1cc(-c2c(Cl)cc(Cl)cc2Cl)cnc1-c1c(Cl)cc(Cl)cc1Cl. The van der Waals surface area contributed by atoms with Gasteiger partial charge in [0.05, 0.1) is 25.8 Å². The minimum absolute atomic E-state index is 0.274. The fourth-order valence-corrected chi connectivity index (χ4v) is 4.53. The number of halogens is 6. The van der Waals surface area contributed by atoms with Crippen molar-refractivity contribution < 1.29 is 4.79 Å². The first-order chi connectivity index (χ1) is 12.3. The van der Waals surface area contributed by atoms with Gasteiger partial charge in [0.25, 0.3) is 0 Å². The van der Waals surface area contributed by atoms with Gasteiger partial charge >= 0.3 is 0 Å². The van der Waals surface area contributed by atoms with Gasteiger partial charge in [-0.3, -0.25) is 9.78 Å². The summed E-state index contributed by atoms with van der Waals surface area (Å²) in [4.78, 5) is 16.0. The van der Waals surface area contributed by atoms with Crippen molar-refractivity contribution in [1.82, 2.24) is 4.98 Å². The number of hydrogen-bond acceptors (Lipinski definition) is 2. The van der Waals surface area contributed by atoms with Crippen LogP contribution in [0.15, 0.2) is 36.5 Å². The molecular formula is C18H7Cl6NO. The van der Waals surface area contributed by atoms with Crippen molar-refractivity contribution >= 4 is 75.9 Å². The van der Waals surface area contributed by atoms with Crippen LogP contribution in [-0.2, 0) is 0 Å². The molecule has 1 aromatic heterocycles. The standard InChI is InChI=1S/C18H7Cl6NO/c19-10-2-12(21)16(13(22)3-10)8-1-9(7-26)18(25-6-8)17-14(23)4-11(20)5-15(17)24/h1-7H. The van der Waals surface area contributed by atoms with Crippen molar-refractivity contribution in [2.24, 2.45) is 0 Å². The summed E-state index contributed by atoms with van der Waals surface area (Å²) in [6, 6.07) is 7.79. The predicted molar refractivity (Wildman–Crippen MR) is 111 cm³/mol. The maximum absolute atomic E-state index is 11.7. The number of aromatic nitrogens is 1. The molecule has 26 heavy (non-hydrogen) atoms. The van der Waals surface area contributed by atoms with Crippen molar-refractivity contribution in [3.63, 3.8) is 0 Å². The molecule has 0 bridgehead atoms. The molecule has 0 aliphatic carbocycles. The smallest absolute Gasteiger partial charge is 0.152 e. The molecule has 1 heterocycles. The molecule has 3 aromatic rings. The lowest BCUT2D eigenvalue weighted by molar-refractivity contribution is 0.112. The van der Waals surface area contributed by atoms with E-state index in [9.17, 15) is 4.79 Å². The van der Waals surface area contributed by atoms with Crippen LogP contribution in [0, 0.1) is 0 Å². The number of carbonyl (C=O) groups excluding carboxylic acids is 1. The van der Waals surface area contributed by atoms with E-state index in [2.05, 4.69) is 4.98 Å². The van der Waals surface area contributed by atoms with Crippen LogP contribution in [0.5, 0.6) is 0 Å². The molecule has 0 N–H and O–H groups in total. The predicted octanol–water partition coefficient (Wildman–Crippen LogP) is 8.15. The first-order valence-electron chi connectivity index (χ1n) is 7.07. The zero-order valence-electron chi connectivity index (χ0n) is 12.7. The van der Waals surface area contributed by atoms with Gasteiger partial charge < -0.3 is 0 Å². The van der Waals surface area contributed by atoms with E-state index in [0.717, 1.165) is 0 Å². The number of aldehydes is 1. The van der Waals surface area contributed by atoms with Crippen LogP contribution >= 0.6 is 69.6 Å². The van der Waals surface area contributed by atoms with E-state index in [0.29, 0.717) is 48.8 Å². The Morgan fingerprint density at radius 3 is 1.62 bits per heavy atom. The summed E-state index contributed by atoms with van der Waals surface area (Å²) in [6.07, 6.45) is 2.19. The molecule has 0 amide bonds. The van der Waals surface area contributed by atoms with Gasteiger partial charge in [0.2, 0.25) is 0 Å². The molecule has 2 nitrogen and oxygen atoms in total. The Morgan fingerprint density at radius 1 is 0.692 bits per heavy atom. The number of nitrogens with zero attached hydrogens (tertiary/aromatic N) is 1. The Kier molecular flexibility index (Phi) is 6.03. The van der Waals surface area contributed by atoms with Gasteiger partial charge in [-0.15, -0.1) is 0 Å². The number of hydrogen-bond donors (Lipinski definition) is 0. The van der Waals surface area contributed by atoms with E-state index in [4.69, 9.17) is 69.6 Å². The molecule has 132 valence electrons. The van der Waals surface area contributed by atoms with Gasteiger partial charge in [-0.05, 0) is 30.3 Å². The highest BCUT2D eigenvalue weighted by Gasteiger charge is 2.18. The summed E-state index contributed by atoms with van der Waals surface area (Å²) in [7, 11) is 0. The molecule has 0 fully saturated rings. The Morgan fingerprint density at radius 2 is 1.15 bits per heavy atom. The summed E-state index contributed by atoms with van der Waals surface area (Å²) in [6.45, 7) is 0. The minimum Gasteiger partial charge on any atom is -0.298 e. The van der Waals surface area contributed by atoms with E-state index in [-0.39, 0.29) is 15.6 Å². The molecular weight excluding hydrogens is 459 g/mol. The van der Waals surface area contributed by atoms with Crippen molar-refractivity contribution in [3.05, 3.63) is 72.2 Å². The first kappa shape index (κ1) is 19.8. The molecule has 2 aromatic carbocycles. The second-order valence-electron chi connectivity index (χ2n) is 5.27. The Hall–Kier alpha value is -1.000. The van der Waals surface area contributed by atoms with Crippen LogP contribution < -0.4 is 0 Å². The summed E-state index contributed by atoms with van der Waals surface area (Å²) in [5, 5.41) is 2.05. The largest absolute Gasteiger partial charge is 0.298 e. The van der Waals surface area contributed by atoms with Gasteiger partial charge in [0.15, 0.2) is 6.29 Å². The van der Waals surface area contributed by atoms with Crippen LogP contribution in [0.25, 0.3) is 22.4 Å². The molecule has 0 aliphatic rings. The summed E-state index contributed by atoms with van der Waals surface area (Å²) in [5.41, 5.74) is 2.10. The Labute approximate surface area is 179 Å². The average molecular weight is 466 g/mol. The molecule has 0 radical (unpaired) electrons. The molecule has 0 saturated carbocycles. The third kappa shape index (κ3) is 3.82. The summed E-state index contributed by atoms with van der Waals surface area (Å²) < 4.78 is 0. The third-order valence-electron chi connectivity index (χ3n) is 3.58. The second kappa shape index (κ2) is 7.93. The van der Waals surface area contributed by atoms with Gasteiger partial charge in [-0.1, -0.05) is 69.6 Å². The number of carbonyl (C=O) groups is 1. The highest BCUT2D eigenvalue weighted by atomic mass is 35.5. The van der Waals surface area contributed by atoms with Gasteiger partial charge in [-0.2, -0.15) is 0 Å². The van der Waals surface area contributed by atoms with Gasteiger partial charge in [-0.25, -0.2) is 0 Å². The highest BCUT2D eigenvalue weighted by molar-refractivity contribution is 6.42. The molecule has 0 saturated heterocycles. The van der Waals surface area contributed by atoms with E-state index < -0.39 is 0 Å². The van der Waals surface area contributed by atoms with Crippen LogP contribution in [0.1, 0.15) is 10.4 Å². The molecule has 3 rings (SSSR count). The van der Waals surface area contributed by atoms with Crippen LogP contribution in [0.2, 0.25) is 30.1 Å². The fourth-order valence-electron chi connectivity index (χ4n) is 2.50. The lowest BCUT2D eigenvalue weighted by atomic mass is 10.0. The number of pyridine rings is 1. The van der Waals surface area contributed by atoms with Crippen molar-refractivity contribution in [2.75, 3.05) is 0 Å². The lowest BCUT2D eigenvalue weighted by Gasteiger charge is -2.13. The van der Waals surface area contributed by atoms with Crippen LogP contribution in [-0.4, -0.2) is 11.3 Å². The number of rotatable bonds is 3. The lowest BCUT2D eigenvalue weighted by Crippen LogP contribution is -1.96. The molecule has 8 heteroatoms. The average Bonchev–Trinajstić information content (AvgIpc) is 2.53. The monoisotopic (exact) mass is 463 g/mol. The topological polar surface area (TPSA) is 30.0 Å². The second-order valence-corrected chi connectivity index (χ2v) is 7.77. The number of benzene rings is 2. The highest BCUT2D eigenvalue weighted by Crippen LogP contribution is 2.41. The maximum Gasteiger partial charge on any atom is 0.152 e. The summed E-state index contributed by atoms with van der Waals surface area (Å²) in [5.74, 6) is 0. The normalized spacial score (nSPS) is 10.8. The first-order valence-corrected chi connectivity index (χ1v) is 9.33. The minimum atomic E-state index is 0.274. The van der Waals surface area contributed by atoms with E-state index in [1.165, 1.54) is 18.3 Å². The van der Waals surface area contributed by atoms with Crippen LogP contribution in [0.3, 0.4) is 0 Å². The maximum atomic E-state index is 11.7. The summed E-state index contributed by atoms with van der Waals surface area (Å²) >= 11 is 36.9. The van der Waals surface area contributed by atoms with Gasteiger partial charge in [0.1, 0.15) is 0 Å². The molecule has 0 atom stereocenters. The zero-order chi connectivity index (χ0) is 19.0. The molecule has 0 spiro atoms. The van der Waals surface area contributed by atoms with E-state index in [1.807, 2.05) is 0 Å². The third-order valence-corrected chi connectivity index (χ3v) is 5.21. The zero-order valence-corrected chi connectivity index (χ0v) is 17.2. The quantitative estimate of drug-likeness (QED) is 0.365. The van der Waals surface area contributed by atoms with Crippen LogP contribution in [0.4, 0.5) is 0 Å². The van der Waals surface area contributed by atoms with E-state index in [1.54, 1.807) is 18.2 Å². The fraction of sp³-hybridized carbons (Fsp3) is 0. The Bertz CT molecular complexity index is 988. The van der Waals surface area contributed by atoms with Crippen molar-refractivity contribution in [2.45, 2.75) is 0 Å². The molecule has 0 unspecified atom stereocenters. The van der Waals surface area contributed by atoms with Crippen molar-refractivity contribution in [3.8, 4) is 22.4 Å². The Balaban J connectivity index is 2.21. The van der Waals surface area contributed by atoms with E-state index >= 15 is 0 Å². The van der Waals surface area contributed by atoms with Crippen molar-refractivity contribution in [1.29, 1.82) is 0 Å².